The summed E-state index contributed by atoms with van der Waals surface area (Å²) in [5.74, 6) is -2.22. The van der Waals surface area contributed by atoms with Gasteiger partial charge in [-0.25, -0.2) is 4.79 Å². The summed E-state index contributed by atoms with van der Waals surface area (Å²) in [7, 11) is 0. The third-order valence-electron chi connectivity index (χ3n) is 3.05. The molecule has 1 rings (SSSR count). The number of Topliss-reactive ketones (excluding diaryl/α,β-unsaturated/α-hetero) is 1. The number of carbonyl (C=O) groups is 3. The van der Waals surface area contributed by atoms with Crippen LogP contribution >= 0.6 is 12.6 Å². The minimum absolute atomic E-state index is 0.0512. The van der Waals surface area contributed by atoms with Gasteiger partial charge >= 0.3 is 11.9 Å². The highest BCUT2D eigenvalue weighted by Gasteiger charge is 2.14. The van der Waals surface area contributed by atoms with Gasteiger partial charge in [0.15, 0.2) is 0 Å². The molecule has 0 spiro atoms. The quantitative estimate of drug-likeness (QED) is 0.258. The summed E-state index contributed by atoms with van der Waals surface area (Å²) in [5.41, 5.74) is 1.06. The molecule has 0 bridgehead atoms. The molecule has 7 heteroatoms. The van der Waals surface area contributed by atoms with E-state index >= 15 is 0 Å². The number of rotatable bonds is 10. The molecule has 1 aromatic rings. The van der Waals surface area contributed by atoms with Gasteiger partial charge < -0.3 is 14.9 Å². The Morgan fingerprint density at radius 1 is 1.00 bits per heavy atom. The first-order valence-corrected chi connectivity index (χ1v) is 8.53. The van der Waals surface area contributed by atoms with Crippen molar-refractivity contribution in [3.8, 4) is 5.75 Å². The van der Waals surface area contributed by atoms with E-state index in [1.165, 1.54) is 0 Å². The minimum atomic E-state index is -0.961. The number of aromatic hydroxyl groups is 1. The summed E-state index contributed by atoms with van der Waals surface area (Å²) in [6.07, 6.45) is 4.02. The van der Waals surface area contributed by atoms with E-state index in [1.807, 2.05) is 12.1 Å². The largest absolute Gasteiger partial charge is 0.508 e. The topological polar surface area (TPSA) is 101 Å². The van der Waals surface area contributed by atoms with E-state index in [1.54, 1.807) is 18.4 Å². The maximum Gasteiger partial charge on any atom is 0.374 e. The molecule has 0 heterocycles. The molecule has 2 N–H and O–H groups in total. The second-order valence-electron chi connectivity index (χ2n) is 4.93. The Kier molecular flexibility index (Phi) is 12.3. The predicted octanol–water partition coefficient (Wildman–Crippen LogP) is 2.63. The van der Waals surface area contributed by atoms with E-state index in [0.29, 0.717) is 6.42 Å². The Labute approximate surface area is 147 Å². The van der Waals surface area contributed by atoms with Crippen LogP contribution in [0.15, 0.2) is 24.3 Å². The third kappa shape index (κ3) is 10.7. The number of ether oxygens (including phenoxy) is 1. The molecule has 0 amide bonds. The van der Waals surface area contributed by atoms with Gasteiger partial charge in [0.1, 0.15) is 5.75 Å². The molecule has 24 heavy (non-hydrogen) atoms. The van der Waals surface area contributed by atoms with E-state index in [0.717, 1.165) is 18.4 Å². The van der Waals surface area contributed by atoms with Crippen molar-refractivity contribution in [2.45, 2.75) is 38.5 Å². The van der Waals surface area contributed by atoms with Gasteiger partial charge in [-0.3, -0.25) is 9.59 Å². The van der Waals surface area contributed by atoms with Crippen LogP contribution in [0.2, 0.25) is 0 Å². The highest BCUT2D eigenvalue weighted by atomic mass is 32.1. The maximum absolute atomic E-state index is 11.5. The number of esters is 1. The number of hydrogen-bond donors (Lipinski definition) is 3. The average Bonchev–Trinajstić information content (AvgIpc) is 2.58. The standard InChI is InChI=1S/C16H20O6.CH4S/c17-13-9-7-12(8-10-13)4-1-2-5-14(18)16(21)22-11-3-6-15(19)20;1-2/h7-10,17H,1-6,11H2,(H,19,20);2H,1H3. The molecule has 0 unspecified atom stereocenters. The lowest BCUT2D eigenvalue weighted by molar-refractivity contribution is -0.154. The zero-order valence-corrected chi connectivity index (χ0v) is 14.6. The monoisotopic (exact) mass is 356 g/mol. The molecule has 0 saturated carbocycles. The molecule has 0 fully saturated rings. The highest BCUT2D eigenvalue weighted by molar-refractivity contribution is 7.79. The number of ketones is 1. The van der Waals surface area contributed by atoms with E-state index in [2.05, 4.69) is 12.6 Å². The number of carboxylic acids is 1. The van der Waals surface area contributed by atoms with Gasteiger partial charge in [-0.1, -0.05) is 12.1 Å². The van der Waals surface area contributed by atoms with Gasteiger partial charge in [-0.05, 0) is 49.6 Å². The van der Waals surface area contributed by atoms with Crippen molar-refractivity contribution in [3.05, 3.63) is 29.8 Å². The van der Waals surface area contributed by atoms with Crippen molar-refractivity contribution in [2.24, 2.45) is 0 Å². The smallest absolute Gasteiger partial charge is 0.374 e. The lowest BCUT2D eigenvalue weighted by Crippen LogP contribution is -2.18. The summed E-state index contributed by atoms with van der Waals surface area (Å²) in [6.45, 7) is -0.0512. The molecule has 0 saturated heterocycles. The van der Waals surface area contributed by atoms with Crippen molar-refractivity contribution < 1.29 is 29.3 Å². The van der Waals surface area contributed by atoms with Gasteiger partial charge in [-0.15, -0.1) is 0 Å². The number of thiol groups is 1. The van der Waals surface area contributed by atoms with Gasteiger partial charge in [0.25, 0.3) is 0 Å². The van der Waals surface area contributed by atoms with E-state index in [4.69, 9.17) is 14.9 Å². The van der Waals surface area contributed by atoms with Crippen LogP contribution in [-0.2, 0) is 25.5 Å². The number of benzene rings is 1. The number of carbonyl (C=O) groups excluding carboxylic acids is 2. The van der Waals surface area contributed by atoms with Crippen molar-refractivity contribution >= 4 is 30.4 Å². The first kappa shape index (κ1) is 22.0. The van der Waals surface area contributed by atoms with Gasteiger partial charge in [0.05, 0.1) is 6.61 Å². The number of hydrogen-bond acceptors (Lipinski definition) is 6. The summed E-state index contributed by atoms with van der Waals surface area (Å²) < 4.78 is 4.70. The first-order valence-electron chi connectivity index (χ1n) is 7.63. The summed E-state index contributed by atoms with van der Waals surface area (Å²) in [5, 5.41) is 17.6. The fourth-order valence-corrected chi connectivity index (χ4v) is 1.85. The Morgan fingerprint density at radius 3 is 2.21 bits per heavy atom. The fourth-order valence-electron chi connectivity index (χ4n) is 1.85. The second-order valence-corrected chi connectivity index (χ2v) is 4.93. The molecule has 0 aromatic heterocycles. The zero-order chi connectivity index (χ0) is 18.4. The number of phenols is 1. The van der Waals surface area contributed by atoms with Gasteiger partial charge in [-0.2, -0.15) is 12.6 Å². The molecular weight excluding hydrogens is 332 g/mol. The van der Waals surface area contributed by atoms with Crippen LogP contribution in [-0.4, -0.2) is 40.8 Å². The zero-order valence-electron chi connectivity index (χ0n) is 13.7. The van der Waals surface area contributed by atoms with Crippen molar-refractivity contribution in [2.75, 3.05) is 12.9 Å². The summed E-state index contributed by atoms with van der Waals surface area (Å²) in [6, 6.07) is 6.84. The second kappa shape index (κ2) is 13.4. The van der Waals surface area contributed by atoms with E-state index in [-0.39, 0.29) is 31.6 Å². The Morgan fingerprint density at radius 2 is 1.62 bits per heavy atom. The average molecular weight is 356 g/mol. The first-order chi connectivity index (χ1) is 11.5. The van der Waals surface area contributed by atoms with Crippen molar-refractivity contribution in [1.82, 2.24) is 0 Å². The number of unbranched alkanes of at least 4 members (excludes halogenated alkanes) is 1. The Bertz CT molecular complexity index is 512. The number of aryl methyl sites for hydroxylation is 1. The predicted molar refractivity (Wildman–Crippen MR) is 93.4 cm³/mol. The molecule has 6 nitrogen and oxygen atoms in total. The molecule has 0 atom stereocenters. The van der Waals surface area contributed by atoms with E-state index in [9.17, 15) is 14.4 Å². The number of aliphatic carboxylic acids is 1. The normalized spacial score (nSPS) is 9.58. The SMILES string of the molecule is CS.O=C(O)CCCOC(=O)C(=O)CCCCc1ccc(O)cc1. The lowest BCUT2D eigenvalue weighted by Gasteiger charge is -2.04. The summed E-state index contributed by atoms with van der Waals surface area (Å²) >= 11 is 3.53. The number of phenolic OH excluding ortho intramolecular Hbond substituents is 1. The molecule has 0 aliphatic rings. The van der Waals surface area contributed by atoms with Gasteiger partial charge in [0, 0.05) is 12.8 Å². The van der Waals surface area contributed by atoms with Crippen LogP contribution in [0.1, 0.15) is 37.7 Å². The van der Waals surface area contributed by atoms with Gasteiger partial charge in [0.2, 0.25) is 5.78 Å². The van der Waals surface area contributed by atoms with Crippen LogP contribution in [0.25, 0.3) is 0 Å². The minimum Gasteiger partial charge on any atom is -0.508 e. The maximum atomic E-state index is 11.5. The van der Waals surface area contributed by atoms with Crippen LogP contribution in [0.4, 0.5) is 0 Å². The van der Waals surface area contributed by atoms with Crippen LogP contribution in [0, 0.1) is 0 Å². The number of carboxylic acid groups (broad SMARTS) is 1. The highest BCUT2D eigenvalue weighted by Crippen LogP contribution is 2.12. The summed E-state index contributed by atoms with van der Waals surface area (Å²) in [4.78, 5) is 33.1. The lowest BCUT2D eigenvalue weighted by atomic mass is 10.1. The molecule has 0 aliphatic carbocycles. The third-order valence-corrected chi connectivity index (χ3v) is 3.05. The van der Waals surface area contributed by atoms with Crippen molar-refractivity contribution in [3.63, 3.8) is 0 Å². The van der Waals surface area contributed by atoms with Crippen LogP contribution in [0.3, 0.4) is 0 Å². The van der Waals surface area contributed by atoms with Crippen LogP contribution in [0.5, 0.6) is 5.75 Å². The Balaban J connectivity index is 0.00000254. The molecule has 0 aliphatic heterocycles. The molecule has 134 valence electrons. The molecule has 0 radical (unpaired) electrons. The molecular formula is C17H24O6S. The van der Waals surface area contributed by atoms with E-state index < -0.39 is 17.7 Å². The van der Waals surface area contributed by atoms with Crippen LogP contribution < -0.4 is 0 Å². The van der Waals surface area contributed by atoms with Crippen molar-refractivity contribution in [1.29, 1.82) is 0 Å². The fraction of sp³-hybridized carbons (Fsp3) is 0.471. The molecule has 1 aromatic carbocycles. The Hall–Kier alpha value is -2.02.